The lowest BCUT2D eigenvalue weighted by Gasteiger charge is -2.20. The summed E-state index contributed by atoms with van der Waals surface area (Å²) in [4.78, 5) is 0. The number of benzene rings is 1. The lowest BCUT2D eigenvalue weighted by atomic mass is 9.87. The molecule has 3 N–H and O–H groups in total. The van der Waals surface area contributed by atoms with Gasteiger partial charge in [-0.15, -0.1) is 0 Å². The second-order valence-corrected chi connectivity index (χ2v) is 6.45. The number of nitrogens with one attached hydrogen (secondary N) is 1. The smallest absolute Gasteiger partial charge is 0.140 e. The summed E-state index contributed by atoms with van der Waals surface area (Å²) < 4.78 is 5.99. The quantitative estimate of drug-likeness (QED) is 0.902. The fourth-order valence-electron chi connectivity index (χ4n) is 2.36. The van der Waals surface area contributed by atoms with E-state index in [1.807, 2.05) is 26.0 Å². The van der Waals surface area contributed by atoms with Gasteiger partial charge in [0.25, 0.3) is 0 Å². The third-order valence-electron chi connectivity index (χ3n) is 3.73. The Kier molecular flexibility index (Phi) is 4.37. The summed E-state index contributed by atoms with van der Waals surface area (Å²) in [5.41, 5.74) is 10.1. The van der Waals surface area contributed by atoms with Crippen LogP contribution in [0.1, 0.15) is 56.3 Å². The standard InChI is InChI=1S/C17H25N3O/c1-11-15(10-18)16(20-19-11)12(2)21-14-8-6-13(7-9-14)17(3,4)5/h6-9,12H,10,18H2,1-5H3,(H,19,20). The van der Waals surface area contributed by atoms with Crippen LogP contribution >= 0.6 is 0 Å². The van der Waals surface area contributed by atoms with Crippen LogP contribution in [0.2, 0.25) is 0 Å². The summed E-state index contributed by atoms with van der Waals surface area (Å²) in [5.74, 6) is 0.846. The van der Waals surface area contributed by atoms with Gasteiger partial charge in [0.1, 0.15) is 17.5 Å². The predicted octanol–water partition coefficient (Wildman–Crippen LogP) is 3.61. The molecule has 1 aromatic carbocycles. The van der Waals surface area contributed by atoms with E-state index >= 15 is 0 Å². The number of aromatic amines is 1. The molecule has 114 valence electrons. The molecule has 21 heavy (non-hydrogen) atoms. The summed E-state index contributed by atoms with van der Waals surface area (Å²) in [6, 6.07) is 8.25. The van der Waals surface area contributed by atoms with Crippen molar-refractivity contribution in [2.45, 2.75) is 52.7 Å². The number of hydrogen-bond acceptors (Lipinski definition) is 3. The monoisotopic (exact) mass is 287 g/mol. The number of nitrogens with two attached hydrogens (primary N) is 1. The van der Waals surface area contributed by atoms with Gasteiger partial charge in [-0.1, -0.05) is 32.9 Å². The van der Waals surface area contributed by atoms with E-state index < -0.39 is 0 Å². The Balaban J connectivity index is 2.14. The molecule has 0 saturated carbocycles. The zero-order chi connectivity index (χ0) is 15.6. The second-order valence-electron chi connectivity index (χ2n) is 6.45. The lowest BCUT2D eigenvalue weighted by Crippen LogP contribution is -2.11. The normalized spacial score (nSPS) is 13.2. The predicted molar refractivity (Wildman–Crippen MR) is 85.4 cm³/mol. The van der Waals surface area contributed by atoms with Gasteiger partial charge in [-0.3, -0.25) is 5.10 Å². The van der Waals surface area contributed by atoms with Crippen LogP contribution in [-0.2, 0) is 12.0 Å². The average Bonchev–Trinajstić information content (AvgIpc) is 2.79. The van der Waals surface area contributed by atoms with Crippen LogP contribution in [-0.4, -0.2) is 10.2 Å². The molecule has 1 heterocycles. The largest absolute Gasteiger partial charge is 0.484 e. The van der Waals surface area contributed by atoms with Crippen LogP contribution in [0.25, 0.3) is 0 Å². The molecule has 0 spiro atoms. The van der Waals surface area contributed by atoms with Gasteiger partial charge in [-0.2, -0.15) is 5.10 Å². The first kappa shape index (κ1) is 15.6. The molecule has 2 aromatic rings. The number of ether oxygens (including phenoxy) is 1. The van der Waals surface area contributed by atoms with Crippen LogP contribution in [0.4, 0.5) is 0 Å². The second kappa shape index (κ2) is 5.90. The highest BCUT2D eigenvalue weighted by Crippen LogP contribution is 2.27. The van der Waals surface area contributed by atoms with Crippen molar-refractivity contribution in [3.8, 4) is 5.75 Å². The van der Waals surface area contributed by atoms with Crippen LogP contribution in [0.3, 0.4) is 0 Å². The minimum Gasteiger partial charge on any atom is -0.484 e. The maximum atomic E-state index is 5.99. The summed E-state index contributed by atoms with van der Waals surface area (Å²) in [5, 5.41) is 7.28. The Morgan fingerprint density at radius 1 is 1.24 bits per heavy atom. The number of nitrogens with zero attached hydrogens (tertiary/aromatic N) is 1. The Bertz CT molecular complexity index is 593. The zero-order valence-electron chi connectivity index (χ0n) is 13.5. The lowest BCUT2D eigenvalue weighted by molar-refractivity contribution is 0.220. The molecular formula is C17H25N3O. The van der Waals surface area contributed by atoms with Gasteiger partial charge >= 0.3 is 0 Å². The summed E-state index contributed by atoms with van der Waals surface area (Å²) in [6.45, 7) is 11.0. The van der Waals surface area contributed by atoms with Crippen LogP contribution in [0.5, 0.6) is 5.75 Å². The molecule has 0 aliphatic rings. The van der Waals surface area contributed by atoms with Gasteiger partial charge in [0, 0.05) is 17.8 Å². The topological polar surface area (TPSA) is 63.9 Å². The number of rotatable bonds is 4. The fraction of sp³-hybridized carbons (Fsp3) is 0.471. The molecular weight excluding hydrogens is 262 g/mol. The molecule has 1 atom stereocenters. The molecule has 0 amide bonds. The molecule has 4 heteroatoms. The Labute approximate surface area is 126 Å². The van der Waals surface area contributed by atoms with Crippen molar-refractivity contribution in [1.82, 2.24) is 10.2 Å². The SMILES string of the molecule is Cc1[nH]nc(C(C)Oc2ccc(C(C)(C)C)cc2)c1CN. The van der Waals surface area contributed by atoms with Gasteiger partial charge in [-0.05, 0) is 37.0 Å². The van der Waals surface area contributed by atoms with E-state index in [0.29, 0.717) is 6.54 Å². The van der Waals surface area contributed by atoms with Crippen molar-refractivity contribution in [3.05, 3.63) is 46.8 Å². The molecule has 0 aliphatic carbocycles. The van der Waals surface area contributed by atoms with Crippen molar-refractivity contribution >= 4 is 0 Å². The molecule has 0 fully saturated rings. The van der Waals surface area contributed by atoms with E-state index in [-0.39, 0.29) is 11.5 Å². The van der Waals surface area contributed by atoms with Crippen molar-refractivity contribution in [1.29, 1.82) is 0 Å². The third-order valence-corrected chi connectivity index (χ3v) is 3.73. The fourth-order valence-corrected chi connectivity index (χ4v) is 2.36. The summed E-state index contributed by atoms with van der Waals surface area (Å²) in [7, 11) is 0. The van der Waals surface area contributed by atoms with E-state index in [9.17, 15) is 0 Å². The highest BCUT2D eigenvalue weighted by Gasteiger charge is 2.18. The van der Waals surface area contributed by atoms with E-state index in [1.54, 1.807) is 0 Å². The first-order valence-electron chi connectivity index (χ1n) is 7.34. The Hall–Kier alpha value is -1.81. The van der Waals surface area contributed by atoms with Gasteiger partial charge < -0.3 is 10.5 Å². The molecule has 4 nitrogen and oxygen atoms in total. The van der Waals surface area contributed by atoms with E-state index in [1.165, 1.54) is 5.56 Å². The Morgan fingerprint density at radius 2 is 1.86 bits per heavy atom. The van der Waals surface area contributed by atoms with Gasteiger partial charge in [-0.25, -0.2) is 0 Å². The third kappa shape index (κ3) is 3.45. The number of aromatic nitrogens is 2. The first-order chi connectivity index (χ1) is 9.82. The number of aryl methyl sites for hydroxylation is 1. The molecule has 0 radical (unpaired) electrons. The minimum atomic E-state index is -0.131. The van der Waals surface area contributed by atoms with Crippen LogP contribution < -0.4 is 10.5 Å². The van der Waals surface area contributed by atoms with Gasteiger partial charge in [0.05, 0.1) is 0 Å². The number of hydrogen-bond donors (Lipinski definition) is 2. The maximum absolute atomic E-state index is 5.99. The van der Waals surface area contributed by atoms with Crippen molar-refractivity contribution in [3.63, 3.8) is 0 Å². The van der Waals surface area contributed by atoms with E-state index in [4.69, 9.17) is 10.5 Å². The summed E-state index contributed by atoms with van der Waals surface area (Å²) in [6.07, 6.45) is -0.131. The highest BCUT2D eigenvalue weighted by atomic mass is 16.5. The van der Waals surface area contributed by atoms with Crippen LogP contribution in [0, 0.1) is 6.92 Å². The van der Waals surface area contributed by atoms with Crippen molar-refractivity contribution < 1.29 is 4.74 Å². The average molecular weight is 287 g/mol. The van der Waals surface area contributed by atoms with Crippen LogP contribution in [0.15, 0.2) is 24.3 Å². The van der Waals surface area contributed by atoms with Gasteiger partial charge in [0.15, 0.2) is 0 Å². The van der Waals surface area contributed by atoms with E-state index in [2.05, 4.69) is 43.1 Å². The van der Waals surface area contributed by atoms with Gasteiger partial charge in [0.2, 0.25) is 0 Å². The zero-order valence-corrected chi connectivity index (χ0v) is 13.5. The molecule has 1 unspecified atom stereocenters. The van der Waals surface area contributed by atoms with E-state index in [0.717, 1.165) is 22.7 Å². The first-order valence-corrected chi connectivity index (χ1v) is 7.34. The molecule has 0 saturated heterocycles. The molecule has 0 bridgehead atoms. The molecule has 0 aliphatic heterocycles. The van der Waals surface area contributed by atoms with Crippen molar-refractivity contribution in [2.75, 3.05) is 0 Å². The minimum absolute atomic E-state index is 0.131. The van der Waals surface area contributed by atoms with Crippen molar-refractivity contribution in [2.24, 2.45) is 5.73 Å². The molecule has 2 rings (SSSR count). The maximum Gasteiger partial charge on any atom is 0.140 e. The Morgan fingerprint density at radius 3 is 2.38 bits per heavy atom. The molecule has 1 aromatic heterocycles. The summed E-state index contributed by atoms with van der Waals surface area (Å²) >= 11 is 0. The highest BCUT2D eigenvalue weighted by molar-refractivity contribution is 5.32. The number of H-pyrrole nitrogens is 1.